The van der Waals surface area contributed by atoms with Crippen LogP contribution in [0.3, 0.4) is 0 Å². The van der Waals surface area contributed by atoms with Gasteiger partial charge in [0.1, 0.15) is 12.1 Å². The molecule has 0 saturated carbocycles. The highest BCUT2D eigenvalue weighted by molar-refractivity contribution is 7.99. The summed E-state index contributed by atoms with van der Waals surface area (Å²) < 4.78 is 15.9. The normalized spacial score (nSPS) is 11.2. The van der Waals surface area contributed by atoms with Gasteiger partial charge < -0.3 is 10.3 Å². The minimum absolute atomic E-state index is 0.240. The molecule has 0 bridgehead atoms. The molecule has 9 heteroatoms. The second kappa shape index (κ2) is 7.95. The van der Waals surface area contributed by atoms with Crippen LogP contribution in [0.5, 0.6) is 0 Å². The maximum Gasteiger partial charge on any atom is 0.175 e. The van der Waals surface area contributed by atoms with Crippen LogP contribution in [0.1, 0.15) is 5.56 Å². The molecule has 4 aromatic rings. The van der Waals surface area contributed by atoms with Crippen LogP contribution in [0.2, 0.25) is 10.0 Å². The molecule has 0 spiro atoms. The summed E-state index contributed by atoms with van der Waals surface area (Å²) in [5.41, 5.74) is 7.69. The molecule has 0 radical (unpaired) electrons. The van der Waals surface area contributed by atoms with Gasteiger partial charge in [0.25, 0.3) is 0 Å². The van der Waals surface area contributed by atoms with Crippen molar-refractivity contribution in [1.82, 2.24) is 19.5 Å². The van der Waals surface area contributed by atoms with Gasteiger partial charge in [-0.05, 0) is 36.2 Å². The fraction of sp³-hybridized carbons (Fsp3) is 0.105. The highest BCUT2D eigenvalue weighted by Gasteiger charge is 2.17. The molecule has 2 aromatic heterocycles. The van der Waals surface area contributed by atoms with Crippen molar-refractivity contribution in [2.45, 2.75) is 23.0 Å². The number of fused-ring (bicyclic) bond motifs is 1. The van der Waals surface area contributed by atoms with Gasteiger partial charge in [-0.2, -0.15) is 0 Å². The standard InChI is InChI=1S/C19H14Cl2FN5S/c20-12-5-6-15(13(21)9-12)28-19-26-16-17(23)24-10-25-18(16)27(19)8-7-11-3-1-2-4-14(11)22/h1-6,9-10H,7-8H2,(H2,23,24,25). The van der Waals surface area contributed by atoms with Gasteiger partial charge in [0.05, 0.1) is 5.02 Å². The van der Waals surface area contributed by atoms with Gasteiger partial charge in [-0.15, -0.1) is 0 Å². The van der Waals surface area contributed by atoms with E-state index in [9.17, 15) is 4.39 Å². The molecular weight excluding hydrogens is 420 g/mol. The fourth-order valence-electron chi connectivity index (χ4n) is 2.80. The average Bonchev–Trinajstić information content (AvgIpc) is 3.02. The van der Waals surface area contributed by atoms with Crippen molar-refractivity contribution in [3.8, 4) is 0 Å². The number of nitrogens with two attached hydrogens (primary N) is 1. The van der Waals surface area contributed by atoms with Gasteiger partial charge in [-0.25, -0.2) is 19.3 Å². The summed E-state index contributed by atoms with van der Waals surface area (Å²) in [5, 5.41) is 1.71. The Balaban J connectivity index is 1.73. The summed E-state index contributed by atoms with van der Waals surface area (Å²) in [6.45, 7) is 0.474. The van der Waals surface area contributed by atoms with E-state index in [4.69, 9.17) is 28.9 Å². The Bertz CT molecular complexity index is 1160. The van der Waals surface area contributed by atoms with Gasteiger partial charge in [-0.1, -0.05) is 53.2 Å². The van der Waals surface area contributed by atoms with E-state index in [0.29, 0.717) is 50.7 Å². The molecule has 142 valence electrons. The quantitative estimate of drug-likeness (QED) is 0.465. The van der Waals surface area contributed by atoms with Crippen LogP contribution in [0.25, 0.3) is 11.2 Å². The summed E-state index contributed by atoms with van der Waals surface area (Å²) in [7, 11) is 0. The van der Waals surface area contributed by atoms with Crippen molar-refractivity contribution in [1.29, 1.82) is 0 Å². The van der Waals surface area contributed by atoms with Gasteiger partial charge in [0.2, 0.25) is 0 Å². The summed E-state index contributed by atoms with van der Waals surface area (Å²) in [5.74, 6) is 0.0507. The van der Waals surface area contributed by atoms with Crippen LogP contribution < -0.4 is 5.73 Å². The van der Waals surface area contributed by atoms with Gasteiger partial charge in [0.15, 0.2) is 22.1 Å². The van der Waals surface area contributed by atoms with Crippen molar-refractivity contribution in [3.05, 3.63) is 70.2 Å². The number of halogens is 3. The molecule has 0 unspecified atom stereocenters. The molecule has 2 heterocycles. The Morgan fingerprint density at radius 3 is 2.71 bits per heavy atom. The molecule has 5 nitrogen and oxygen atoms in total. The zero-order chi connectivity index (χ0) is 19.7. The predicted molar refractivity (Wildman–Crippen MR) is 110 cm³/mol. The Morgan fingerprint density at radius 2 is 1.93 bits per heavy atom. The van der Waals surface area contributed by atoms with Crippen LogP contribution in [0.15, 0.2) is 58.8 Å². The number of aromatic nitrogens is 4. The Kier molecular flexibility index (Phi) is 5.39. The lowest BCUT2D eigenvalue weighted by atomic mass is 10.1. The van der Waals surface area contributed by atoms with Gasteiger partial charge in [-0.3, -0.25) is 0 Å². The Morgan fingerprint density at radius 1 is 1.11 bits per heavy atom. The van der Waals surface area contributed by atoms with E-state index in [1.54, 1.807) is 24.3 Å². The van der Waals surface area contributed by atoms with Crippen molar-refractivity contribution in [2.24, 2.45) is 0 Å². The van der Waals surface area contributed by atoms with Crippen molar-refractivity contribution < 1.29 is 4.39 Å². The highest BCUT2D eigenvalue weighted by Crippen LogP contribution is 2.36. The summed E-state index contributed by atoms with van der Waals surface area (Å²) >= 11 is 13.7. The molecule has 0 aliphatic heterocycles. The van der Waals surface area contributed by atoms with E-state index in [-0.39, 0.29) is 5.82 Å². The fourth-order valence-corrected chi connectivity index (χ4v) is 4.24. The summed E-state index contributed by atoms with van der Waals surface area (Å²) in [6, 6.07) is 12.0. The largest absolute Gasteiger partial charge is 0.382 e. The lowest BCUT2D eigenvalue weighted by molar-refractivity contribution is 0.584. The third-order valence-corrected chi connectivity index (χ3v) is 5.91. The van der Waals surface area contributed by atoms with Crippen molar-refractivity contribution in [2.75, 3.05) is 5.73 Å². The van der Waals surface area contributed by atoms with E-state index >= 15 is 0 Å². The molecule has 0 saturated heterocycles. The first-order valence-electron chi connectivity index (χ1n) is 8.36. The first-order chi connectivity index (χ1) is 13.5. The van der Waals surface area contributed by atoms with Crippen molar-refractivity contribution >= 4 is 51.9 Å². The lowest BCUT2D eigenvalue weighted by Crippen LogP contribution is -2.05. The first-order valence-corrected chi connectivity index (χ1v) is 9.93. The van der Waals surface area contributed by atoms with Crippen LogP contribution in [-0.4, -0.2) is 19.5 Å². The zero-order valence-electron chi connectivity index (χ0n) is 14.4. The number of hydrogen-bond donors (Lipinski definition) is 1. The summed E-state index contributed by atoms with van der Waals surface area (Å²) in [4.78, 5) is 13.7. The van der Waals surface area contributed by atoms with Crippen LogP contribution in [0, 0.1) is 5.82 Å². The molecule has 2 aromatic carbocycles. The number of imidazole rings is 1. The summed E-state index contributed by atoms with van der Waals surface area (Å²) in [6.07, 6.45) is 1.87. The first kappa shape index (κ1) is 19.0. The van der Waals surface area contributed by atoms with Gasteiger partial charge in [0, 0.05) is 16.5 Å². The number of rotatable bonds is 5. The molecule has 0 fully saturated rings. The highest BCUT2D eigenvalue weighted by atomic mass is 35.5. The molecule has 4 rings (SSSR count). The molecule has 2 N–H and O–H groups in total. The van der Waals surface area contributed by atoms with E-state index in [0.717, 1.165) is 4.90 Å². The maximum atomic E-state index is 14.0. The topological polar surface area (TPSA) is 69.6 Å². The molecule has 0 amide bonds. The maximum absolute atomic E-state index is 14.0. The second-order valence-electron chi connectivity index (χ2n) is 6.00. The monoisotopic (exact) mass is 433 g/mol. The van der Waals surface area contributed by atoms with E-state index in [1.807, 2.05) is 16.7 Å². The zero-order valence-corrected chi connectivity index (χ0v) is 16.8. The van der Waals surface area contributed by atoms with Crippen molar-refractivity contribution in [3.63, 3.8) is 0 Å². The Labute approximate surface area is 174 Å². The molecule has 0 atom stereocenters. The number of nitrogen functional groups attached to an aromatic ring is 1. The van der Waals surface area contributed by atoms with Crippen LogP contribution in [0.4, 0.5) is 10.2 Å². The van der Waals surface area contributed by atoms with Crippen LogP contribution in [-0.2, 0) is 13.0 Å². The lowest BCUT2D eigenvalue weighted by Gasteiger charge is -2.10. The SMILES string of the molecule is Nc1ncnc2c1nc(Sc1ccc(Cl)cc1Cl)n2CCc1ccccc1F. The number of benzene rings is 2. The minimum Gasteiger partial charge on any atom is -0.382 e. The van der Waals surface area contributed by atoms with E-state index in [2.05, 4.69) is 15.0 Å². The smallest absolute Gasteiger partial charge is 0.175 e. The second-order valence-corrected chi connectivity index (χ2v) is 7.85. The predicted octanol–water partition coefficient (Wildman–Crippen LogP) is 5.25. The Hall–Kier alpha value is -2.35. The molecule has 0 aliphatic rings. The molecule has 0 aliphatic carbocycles. The number of hydrogen-bond acceptors (Lipinski definition) is 5. The van der Waals surface area contributed by atoms with E-state index in [1.165, 1.54) is 24.2 Å². The molecular formula is C19H14Cl2FN5S. The third kappa shape index (κ3) is 3.78. The minimum atomic E-state index is -0.240. The molecule has 28 heavy (non-hydrogen) atoms. The number of anilines is 1. The average molecular weight is 434 g/mol. The van der Waals surface area contributed by atoms with Gasteiger partial charge >= 0.3 is 0 Å². The number of aryl methyl sites for hydroxylation is 2. The van der Waals surface area contributed by atoms with Crippen LogP contribution >= 0.6 is 35.0 Å². The third-order valence-electron chi connectivity index (χ3n) is 4.18. The van der Waals surface area contributed by atoms with E-state index < -0.39 is 0 Å². The number of nitrogens with zero attached hydrogens (tertiary/aromatic N) is 4.